The molecular formula is C17H11ClF4N4O. The van der Waals surface area contributed by atoms with Crippen LogP contribution in [0.1, 0.15) is 21.6 Å². The van der Waals surface area contributed by atoms with E-state index in [1.807, 2.05) is 0 Å². The van der Waals surface area contributed by atoms with E-state index in [2.05, 4.69) is 15.6 Å². The third kappa shape index (κ3) is 4.25. The van der Waals surface area contributed by atoms with E-state index in [1.165, 1.54) is 10.9 Å². The van der Waals surface area contributed by atoms with E-state index < -0.39 is 30.0 Å². The molecule has 3 aromatic rings. The van der Waals surface area contributed by atoms with Crippen LogP contribution >= 0.6 is 11.6 Å². The number of rotatable bonds is 4. The highest BCUT2D eigenvalue weighted by Gasteiger charge is 2.33. The Hall–Kier alpha value is -2.94. The van der Waals surface area contributed by atoms with Crippen molar-refractivity contribution in [2.45, 2.75) is 12.7 Å². The Morgan fingerprint density at radius 2 is 1.93 bits per heavy atom. The van der Waals surface area contributed by atoms with E-state index in [9.17, 15) is 22.4 Å². The zero-order valence-corrected chi connectivity index (χ0v) is 14.2. The molecule has 3 rings (SSSR count). The molecule has 27 heavy (non-hydrogen) atoms. The maximum absolute atomic E-state index is 13.1. The molecule has 0 bridgehead atoms. The van der Waals surface area contributed by atoms with Gasteiger partial charge in [-0.2, -0.15) is 13.2 Å². The summed E-state index contributed by atoms with van der Waals surface area (Å²) in [6.45, 7) is -0.451. The second kappa shape index (κ2) is 7.36. The molecule has 1 amide bonds. The summed E-state index contributed by atoms with van der Waals surface area (Å²) in [6, 6.07) is 8.98. The Labute approximate surface area is 155 Å². The normalized spacial score (nSPS) is 11.4. The molecular weight excluding hydrogens is 388 g/mol. The number of hydrogen-bond donors (Lipinski definition) is 1. The van der Waals surface area contributed by atoms with Crippen LogP contribution in [-0.4, -0.2) is 20.9 Å². The number of nitrogens with one attached hydrogen (secondary N) is 1. The zero-order valence-electron chi connectivity index (χ0n) is 13.5. The van der Waals surface area contributed by atoms with Gasteiger partial charge in [-0.05, 0) is 29.8 Å². The second-order valence-corrected chi connectivity index (χ2v) is 5.89. The molecule has 140 valence electrons. The van der Waals surface area contributed by atoms with Crippen LogP contribution in [0.2, 0.25) is 5.02 Å². The quantitative estimate of drug-likeness (QED) is 0.676. The lowest BCUT2D eigenvalue weighted by Crippen LogP contribution is -2.25. The van der Waals surface area contributed by atoms with E-state index >= 15 is 0 Å². The van der Waals surface area contributed by atoms with Crippen LogP contribution in [0.4, 0.5) is 17.6 Å². The van der Waals surface area contributed by atoms with Crippen LogP contribution < -0.4 is 5.32 Å². The average Bonchev–Trinajstić information content (AvgIpc) is 3.10. The molecule has 1 aromatic heterocycles. The lowest BCUT2D eigenvalue weighted by Gasteiger charge is -2.13. The Bertz CT molecular complexity index is 987. The van der Waals surface area contributed by atoms with E-state index in [0.717, 1.165) is 12.1 Å². The molecule has 0 saturated heterocycles. The number of benzene rings is 2. The molecule has 1 heterocycles. The Balaban J connectivity index is 1.76. The minimum absolute atomic E-state index is 0.106. The SMILES string of the molecule is O=C(NCc1ccc(F)cc1C(F)(F)F)c1cn(-c2ccccc2Cl)nn1. The van der Waals surface area contributed by atoms with Crippen molar-refractivity contribution >= 4 is 17.5 Å². The fourth-order valence-corrected chi connectivity index (χ4v) is 2.58. The molecule has 1 N–H and O–H groups in total. The van der Waals surface area contributed by atoms with Gasteiger partial charge in [0.2, 0.25) is 0 Å². The van der Waals surface area contributed by atoms with Gasteiger partial charge in [-0.15, -0.1) is 5.10 Å². The van der Waals surface area contributed by atoms with E-state index in [4.69, 9.17) is 11.6 Å². The summed E-state index contributed by atoms with van der Waals surface area (Å²) in [5.74, 6) is -1.74. The molecule has 0 unspecified atom stereocenters. The number of alkyl halides is 3. The van der Waals surface area contributed by atoms with E-state index in [1.54, 1.807) is 24.3 Å². The van der Waals surface area contributed by atoms with Gasteiger partial charge < -0.3 is 5.32 Å². The highest BCUT2D eigenvalue weighted by atomic mass is 35.5. The number of carbonyl (C=O) groups is 1. The van der Waals surface area contributed by atoms with Crippen LogP contribution in [0.15, 0.2) is 48.7 Å². The van der Waals surface area contributed by atoms with Crippen LogP contribution in [-0.2, 0) is 12.7 Å². The maximum atomic E-state index is 13.1. The van der Waals surface area contributed by atoms with Crippen LogP contribution in [0.25, 0.3) is 5.69 Å². The van der Waals surface area contributed by atoms with Crippen molar-refractivity contribution in [2.24, 2.45) is 0 Å². The molecule has 2 aromatic carbocycles. The highest BCUT2D eigenvalue weighted by molar-refractivity contribution is 6.32. The minimum atomic E-state index is -4.74. The van der Waals surface area contributed by atoms with Gasteiger partial charge in [0.05, 0.1) is 22.5 Å². The minimum Gasteiger partial charge on any atom is -0.346 e. The average molecular weight is 399 g/mol. The summed E-state index contributed by atoms with van der Waals surface area (Å²) in [6.07, 6.45) is -3.44. The van der Waals surface area contributed by atoms with Gasteiger partial charge in [-0.1, -0.05) is 35.0 Å². The van der Waals surface area contributed by atoms with Crippen LogP contribution in [0, 0.1) is 5.82 Å². The number of carbonyl (C=O) groups excluding carboxylic acids is 1. The number of amides is 1. The number of para-hydroxylation sites is 1. The van der Waals surface area contributed by atoms with Gasteiger partial charge in [0, 0.05) is 6.54 Å². The Morgan fingerprint density at radius 3 is 2.63 bits per heavy atom. The van der Waals surface area contributed by atoms with Gasteiger partial charge in [0.15, 0.2) is 5.69 Å². The molecule has 0 aliphatic carbocycles. The van der Waals surface area contributed by atoms with Gasteiger partial charge in [-0.25, -0.2) is 9.07 Å². The molecule has 0 aliphatic heterocycles. The molecule has 0 fully saturated rings. The molecule has 10 heteroatoms. The molecule has 0 saturated carbocycles. The van der Waals surface area contributed by atoms with Crippen molar-refractivity contribution in [3.05, 3.63) is 76.3 Å². The lowest BCUT2D eigenvalue weighted by molar-refractivity contribution is -0.138. The highest BCUT2D eigenvalue weighted by Crippen LogP contribution is 2.32. The zero-order chi connectivity index (χ0) is 19.6. The van der Waals surface area contributed by atoms with E-state index in [0.29, 0.717) is 16.8 Å². The maximum Gasteiger partial charge on any atom is 0.416 e. The third-order valence-electron chi connectivity index (χ3n) is 3.64. The first-order valence-corrected chi connectivity index (χ1v) is 7.94. The monoisotopic (exact) mass is 398 g/mol. The summed E-state index contributed by atoms with van der Waals surface area (Å²) in [7, 11) is 0. The standard InChI is InChI=1S/C17H11ClF4N4O/c18-13-3-1-2-4-15(13)26-9-14(24-25-26)16(27)23-8-10-5-6-11(19)7-12(10)17(20,21)22/h1-7,9H,8H2,(H,23,27). The summed E-state index contributed by atoms with van der Waals surface area (Å²) < 4.78 is 53.4. The molecule has 5 nitrogen and oxygen atoms in total. The Kier molecular flexibility index (Phi) is 5.13. The predicted octanol–water partition coefficient (Wildman–Crippen LogP) is 4.01. The number of halogens is 5. The fraction of sp³-hybridized carbons (Fsp3) is 0.118. The third-order valence-corrected chi connectivity index (χ3v) is 3.96. The Morgan fingerprint density at radius 1 is 1.19 bits per heavy atom. The molecule has 0 atom stereocenters. The van der Waals surface area contributed by atoms with Crippen LogP contribution in [0.3, 0.4) is 0 Å². The van der Waals surface area contributed by atoms with Crippen LogP contribution in [0.5, 0.6) is 0 Å². The van der Waals surface area contributed by atoms with Gasteiger partial charge in [0.25, 0.3) is 5.91 Å². The number of nitrogens with zero attached hydrogens (tertiary/aromatic N) is 3. The van der Waals surface area contributed by atoms with Crippen molar-refractivity contribution in [1.29, 1.82) is 0 Å². The fourth-order valence-electron chi connectivity index (χ4n) is 2.36. The second-order valence-electron chi connectivity index (χ2n) is 5.48. The summed E-state index contributed by atoms with van der Waals surface area (Å²) in [5.41, 5.74) is -1.03. The largest absolute Gasteiger partial charge is 0.416 e. The lowest BCUT2D eigenvalue weighted by atomic mass is 10.1. The van der Waals surface area contributed by atoms with Crippen molar-refractivity contribution < 1.29 is 22.4 Å². The summed E-state index contributed by atoms with van der Waals surface area (Å²) in [4.78, 5) is 12.2. The smallest absolute Gasteiger partial charge is 0.346 e. The summed E-state index contributed by atoms with van der Waals surface area (Å²) >= 11 is 6.04. The molecule has 0 aliphatic rings. The first kappa shape index (κ1) is 18.8. The first-order chi connectivity index (χ1) is 12.8. The van der Waals surface area contributed by atoms with Crippen molar-refractivity contribution in [3.8, 4) is 5.69 Å². The topological polar surface area (TPSA) is 59.8 Å². The van der Waals surface area contributed by atoms with Gasteiger partial charge >= 0.3 is 6.18 Å². The first-order valence-electron chi connectivity index (χ1n) is 7.57. The van der Waals surface area contributed by atoms with Crippen molar-refractivity contribution in [1.82, 2.24) is 20.3 Å². The summed E-state index contributed by atoms with van der Waals surface area (Å²) in [5, 5.41) is 10.2. The number of hydrogen-bond acceptors (Lipinski definition) is 3. The van der Waals surface area contributed by atoms with Crippen molar-refractivity contribution in [2.75, 3.05) is 0 Å². The molecule has 0 spiro atoms. The van der Waals surface area contributed by atoms with Gasteiger partial charge in [0.1, 0.15) is 5.82 Å². The predicted molar refractivity (Wildman–Crippen MR) is 88.9 cm³/mol. The number of aromatic nitrogens is 3. The van der Waals surface area contributed by atoms with Gasteiger partial charge in [-0.3, -0.25) is 4.79 Å². The van der Waals surface area contributed by atoms with E-state index in [-0.39, 0.29) is 11.3 Å². The van der Waals surface area contributed by atoms with Crippen molar-refractivity contribution in [3.63, 3.8) is 0 Å². The molecule has 0 radical (unpaired) electrons.